The molecule has 2 rings (SSSR count). The fourth-order valence-electron chi connectivity index (χ4n) is 1.46. The van der Waals surface area contributed by atoms with Crippen LogP contribution in [-0.2, 0) is 6.42 Å². The van der Waals surface area contributed by atoms with E-state index in [2.05, 4.69) is 57.3 Å². The van der Waals surface area contributed by atoms with E-state index in [1.165, 1.54) is 5.56 Å². The van der Waals surface area contributed by atoms with Gasteiger partial charge in [-0.1, -0.05) is 28.1 Å². The van der Waals surface area contributed by atoms with Crippen molar-refractivity contribution in [1.29, 1.82) is 0 Å². The van der Waals surface area contributed by atoms with Crippen molar-refractivity contribution in [1.82, 2.24) is 0 Å². The number of nitrogens with zero attached hydrogens (tertiary/aromatic N) is 2. The Morgan fingerprint density at radius 1 is 1.21 bits per heavy atom. The summed E-state index contributed by atoms with van der Waals surface area (Å²) < 4.78 is 1.14. The highest BCUT2D eigenvalue weighted by atomic mass is 79.9. The Kier molecular flexibility index (Phi) is 2.68. The fraction of sp³-hybridized carbons (Fsp3) is 0.455. The molecule has 1 aromatic carbocycles. The van der Waals surface area contributed by atoms with Crippen molar-refractivity contribution in [3.8, 4) is 0 Å². The third-order valence-electron chi connectivity index (χ3n) is 2.47. The molecular formula is C11H13BrN2. The molecule has 0 bridgehead atoms. The first kappa shape index (κ1) is 9.84. The van der Waals surface area contributed by atoms with Crippen LogP contribution >= 0.6 is 15.9 Å². The Labute approximate surface area is 92.6 Å². The molecule has 0 saturated carbocycles. The summed E-state index contributed by atoms with van der Waals surface area (Å²) in [7, 11) is 0. The Morgan fingerprint density at radius 3 is 2.43 bits per heavy atom. The number of rotatable bonds is 4. The first-order chi connectivity index (χ1) is 6.68. The van der Waals surface area contributed by atoms with E-state index in [0.29, 0.717) is 0 Å². The van der Waals surface area contributed by atoms with E-state index in [4.69, 9.17) is 0 Å². The highest BCUT2D eigenvalue weighted by Gasteiger charge is 2.32. The van der Waals surface area contributed by atoms with E-state index in [1.807, 2.05) is 0 Å². The smallest absolute Gasteiger partial charge is 0.159 e. The predicted octanol–water partition coefficient (Wildman–Crippen LogP) is 3.95. The van der Waals surface area contributed by atoms with Gasteiger partial charge >= 0.3 is 0 Å². The van der Waals surface area contributed by atoms with Crippen molar-refractivity contribution >= 4 is 15.9 Å². The summed E-state index contributed by atoms with van der Waals surface area (Å²) in [5, 5.41) is 7.99. The first-order valence-electron chi connectivity index (χ1n) is 4.86. The Morgan fingerprint density at radius 2 is 1.86 bits per heavy atom. The normalized spacial score (nSPS) is 17.0. The van der Waals surface area contributed by atoms with Gasteiger partial charge in [-0.2, -0.15) is 10.2 Å². The molecule has 0 unspecified atom stereocenters. The number of aryl methyl sites for hydroxylation is 1. The third kappa shape index (κ3) is 2.64. The van der Waals surface area contributed by atoms with Crippen molar-refractivity contribution in [3.63, 3.8) is 0 Å². The summed E-state index contributed by atoms with van der Waals surface area (Å²) in [5.74, 6) is 0. The lowest BCUT2D eigenvalue weighted by Crippen LogP contribution is -2.03. The van der Waals surface area contributed by atoms with Crippen LogP contribution in [0.4, 0.5) is 0 Å². The highest BCUT2D eigenvalue weighted by molar-refractivity contribution is 9.10. The van der Waals surface area contributed by atoms with Gasteiger partial charge in [-0.05, 0) is 43.9 Å². The summed E-state index contributed by atoms with van der Waals surface area (Å²) in [5.41, 5.74) is 1.35. The van der Waals surface area contributed by atoms with Crippen molar-refractivity contribution < 1.29 is 0 Å². The molecule has 0 radical (unpaired) electrons. The lowest BCUT2D eigenvalue weighted by molar-refractivity contribution is 0.568. The van der Waals surface area contributed by atoms with E-state index in [9.17, 15) is 0 Å². The van der Waals surface area contributed by atoms with E-state index >= 15 is 0 Å². The number of benzene rings is 1. The molecule has 0 aliphatic carbocycles. The zero-order valence-electron chi connectivity index (χ0n) is 8.20. The molecule has 0 N–H and O–H groups in total. The summed E-state index contributed by atoms with van der Waals surface area (Å²) in [6.45, 7) is 2.08. The van der Waals surface area contributed by atoms with Gasteiger partial charge in [0.1, 0.15) is 0 Å². The molecule has 3 heteroatoms. The molecule has 0 fully saturated rings. The van der Waals surface area contributed by atoms with Gasteiger partial charge in [-0.25, -0.2) is 0 Å². The van der Waals surface area contributed by atoms with Gasteiger partial charge in [0.2, 0.25) is 0 Å². The minimum Gasteiger partial charge on any atom is -0.159 e. The topological polar surface area (TPSA) is 24.7 Å². The maximum atomic E-state index is 4.00. The Balaban J connectivity index is 1.77. The molecule has 1 aliphatic rings. The second kappa shape index (κ2) is 3.81. The fourth-order valence-corrected chi connectivity index (χ4v) is 1.73. The molecule has 1 heterocycles. The largest absolute Gasteiger partial charge is 0.188 e. The molecule has 1 aliphatic heterocycles. The van der Waals surface area contributed by atoms with Crippen molar-refractivity contribution in [3.05, 3.63) is 34.3 Å². The van der Waals surface area contributed by atoms with Crippen molar-refractivity contribution in [2.45, 2.75) is 31.8 Å². The molecule has 1 aromatic rings. The minimum absolute atomic E-state index is 0.0324. The van der Waals surface area contributed by atoms with Crippen LogP contribution in [0, 0.1) is 0 Å². The van der Waals surface area contributed by atoms with Gasteiger partial charge < -0.3 is 0 Å². The Bertz CT molecular complexity index is 337. The van der Waals surface area contributed by atoms with Gasteiger partial charge in [0, 0.05) is 4.47 Å². The maximum Gasteiger partial charge on any atom is 0.188 e. The van der Waals surface area contributed by atoms with Crippen LogP contribution in [0.25, 0.3) is 0 Å². The lowest BCUT2D eigenvalue weighted by Gasteiger charge is -2.03. The summed E-state index contributed by atoms with van der Waals surface area (Å²) in [6.07, 6.45) is 3.35. The number of hydrogen-bond donors (Lipinski definition) is 0. The second-order valence-corrected chi connectivity index (χ2v) is 4.81. The average Bonchev–Trinajstić information content (AvgIpc) is 2.88. The zero-order valence-corrected chi connectivity index (χ0v) is 9.79. The van der Waals surface area contributed by atoms with Crippen molar-refractivity contribution in [2.24, 2.45) is 10.2 Å². The van der Waals surface area contributed by atoms with Crippen LogP contribution in [-0.4, -0.2) is 5.66 Å². The molecule has 0 aromatic heterocycles. The van der Waals surface area contributed by atoms with Crippen LogP contribution in [0.15, 0.2) is 39.0 Å². The van der Waals surface area contributed by atoms with Gasteiger partial charge in [0.15, 0.2) is 5.66 Å². The lowest BCUT2D eigenvalue weighted by atomic mass is 10.0. The first-order valence-corrected chi connectivity index (χ1v) is 5.66. The quantitative estimate of drug-likeness (QED) is 0.776. The molecule has 0 saturated heterocycles. The number of hydrogen-bond acceptors (Lipinski definition) is 2. The minimum atomic E-state index is -0.0324. The van der Waals surface area contributed by atoms with E-state index < -0.39 is 0 Å². The Hall–Kier alpha value is -0.700. The highest BCUT2D eigenvalue weighted by Crippen LogP contribution is 2.32. The van der Waals surface area contributed by atoms with Gasteiger partial charge in [0.25, 0.3) is 0 Å². The third-order valence-corrected chi connectivity index (χ3v) is 3.00. The van der Waals surface area contributed by atoms with Crippen LogP contribution in [0.5, 0.6) is 0 Å². The predicted molar refractivity (Wildman–Crippen MR) is 60.3 cm³/mol. The summed E-state index contributed by atoms with van der Waals surface area (Å²) >= 11 is 3.43. The molecular weight excluding hydrogens is 240 g/mol. The monoisotopic (exact) mass is 252 g/mol. The van der Waals surface area contributed by atoms with E-state index in [-0.39, 0.29) is 5.66 Å². The van der Waals surface area contributed by atoms with E-state index in [1.54, 1.807) is 0 Å². The molecule has 14 heavy (non-hydrogen) atoms. The molecule has 0 amide bonds. The van der Waals surface area contributed by atoms with Crippen LogP contribution < -0.4 is 0 Å². The van der Waals surface area contributed by atoms with Gasteiger partial charge in [-0.15, -0.1) is 0 Å². The standard InChI is InChI=1S/C11H13BrN2/c1-11(13-14-11)8-2-3-9-4-6-10(12)7-5-9/h4-7H,2-3,8H2,1H3. The van der Waals surface area contributed by atoms with Crippen LogP contribution in [0.1, 0.15) is 25.3 Å². The maximum absolute atomic E-state index is 4.00. The summed E-state index contributed by atoms with van der Waals surface area (Å²) in [6, 6.07) is 8.49. The van der Waals surface area contributed by atoms with E-state index in [0.717, 1.165) is 23.7 Å². The van der Waals surface area contributed by atoms with Gasteiger partial charge in [-0.3, -0.25) is 0 Å². The number of halogens is 1. The second-order valence-electron chi connectivity index (χ2n) is 3.90. The molecule has 0 atom stereocenters. The summed E-state index contributed by atoms with van der Waals surface area (Å²) in [4.78, 5) is 0. The molecule has 74 valence electrons. The zero-order chi connectivity index (χ0) is 10.0. The average molecular weight is 253 g/mol. The molecule has 0 spiro atoms. The van der Waals surface area contributed by atoms with Crippen molar-refractivity contribution in [2.75, 3.05) is 0 Å². The molecule has 2 nitrogen and oxygen atoms in total. The van der Waals surface area contributed by atoms with Crippen LogP contribution in [0.3, 0.4) is 0 Å². The van der Waals surface area contributed by atoms with Gasteiger partial charge in [0.05, 0.1) is 0 Å². The SMILES string of the molecule is CC1(CCCc2ccc(Br)cc2)N=N1. The van der Waals surface area contributed by atoms with Crippen LogP contribution in [0.2, 0.25) is 0 Å².